The quantitative estimate of drug-likeness (QED) is 0.573. The number of carboxylic acid groups (broad SMARTS) is 1. The minimum absolute atomic E-state index is 0.0138. The van der Waals surface area contributed by atoms with Gasteiger partial charge in [0.25, 0.3) is 0 Å². The Kier molecular flexibility index (Phi) is 5.81. The Morgan fingerprint density at radius 3 is 2.30 bits per heavy atom. The van der Waals surface area contributed by atoms with Crippen LogP contribution in [-0.2, 0) is 17.6 Å². The van der Waals surface area contributed by atoms with Gasteiger partial charge >= 0.3 is 5.97 Å². The lowest BCUT2D eigenvalue weighted by Crippen LogP contribution is -2.24. The fourth-order valence-corrected chi connectivity index (χ4v) is 4.11. The number of aliphatic carboxylic acids is 1. The van der Waals surface area contributed by atoms with Crippen LogP contribution in [-0.4, -0.2) is 11.1 Å². The topological polar surface area (TPSA) is 37.3 Å². The van der Waals surface area contributed by atoms with Crippen LogP contribution in [0.1, 0.15) is 25.0 Å². The van der Waals surface area contributed by atoms with Crippen molar-refractivity contribution in [2.45, 2.75) is 26.7 Å². The maximum atomic E-state index is 12.0. The summed E-state index contributed by atoms with van der Waals surface area (Å²) in [5, 5.41) is 9.87. The van der Waals surface area contributed by atoms with E-state index in [0.29, 0.717) is 6.42 Å². The van der Waals surface area contributed by atoms with Gasteiger partial charge in [0.15, 0.2) is 0 Å². The Labute approximate surface area is 158 Å². The highest BCUT2D eigenvalue weighted by atomic mass is 79.9. The molecule has 2 nitrogen and oxygen atoms in total. The molecule has 2 unspecified atom stereocenters. The van der Waals surface area contributed by atoms with Gasteiger partial charge in [0, 0.05) is 11.5 Å². The van der Waals surface area contributed by atoms with E-state index in [2.05, 4.69) is 31.9 Å². The van der Waals surface area contributed by atoms with Crippen LogP contribution in [0.15, 0.2) is 45.3 Å². The van der Waals surface area contributed by atoms with Crippen LogP contribution in [0.25, 0.3) is 0 Å². The van der Waals surface area contributed by atoms with Gasteiger partial charge in [-0.05, 0) is 61.2 Å². The van der Waals surface area contributed by atoms with Crippen LogP contribution in [0, 0.1) is 16.7 Å². The fourth-order valence-electron chi connectivity index (χ4n) is 3.49. The van der Waals surface area contributed by atoms with Gasteiger partial charge < -0.3 is 5.11 Å². The average molecular weight is 463 g/mol. The van der Waals surface area contributed by atoms with Crippen LogP contribution >= 0.6 is 43.5 Å². The molecule has 5 heteroatoms. The molecule has 1 saturated carbocycles. The summed E-state index contributed by atoms with van der Waals surface area (Å²) in [6.07, 6.45) is 5.14. The first-order chi connectivity index (χ1) is 10.8. The van der Waals surface area contributed by atoms with Crippen molar-refractivity contribution in [3.05, 3.63) is 56.5 Å². The Bertz CT molecular complexity index is 645. The van der Waals surface area contributed by atoms with Crippen molar-refractivity contribution in [1.29, 1.82) is 0 Å². The zero-order chi connectivity index (χ0) is 17.3. The van der Waals surface area contributed by atoms with E-state index >= 15 is 0 Å². The van der Waals surface area contributed by atoms with Crippen LogP contribution in [0.4, 0.5) is 0 Å². The summed E-state index contributed by atoms with van der Waals surface area (Å²) in [5.41, 5.74) is 2.66. The van der Waals surface area contributed by atoms with E-state index in [-0.39, 0.29) is 11.3 Å². The van der Waals surface area contributed by atoms with Crippen LogP contribution in [0.2, 0.25) is 0 Å². The Morgan fingerprint density at radius 1 is 1.26 bits per heavy atom. The van der Waals surface area contributed by atoms with Gasteiger partial charge in [-0.3, -0.25) is 4.79 Å². The van der Waals surface area contributed by atoms with Crippen molar-refractivity contribution in [3.8, 4) is 0 Å². The summed E-state index contributed by atoms with van der Waals surface area (Å²) in [7, 11) is 0. The molecule has 0 saturated heterocycles. The molecule has 1 aromatic carbocycles. The van der Waals surface area contributed by atoms with Crippen LogP contribution in [0.5, 0.6) is 0 Å². The van der Waals surface area contributed by atoms with E-state index < -0.39 is 11.4 Å². The number of rotatable bonds is 6. The Balaban J connectivity index is 2.25. The molecule has 1 fully saturated rings. The van der Waals surface area contributed by atoms with Gasteiger partial charge in [-0.25, -0.2) is 0 Å². The molecule has 2 atom stereocenters. The van der Waals surface area contributed by atoms with Gasteiger partial charge in [-0.1, -0.05) is 61.9 Å². The highest BCUT2D eigenvalue weighted by molar-refractivity contribution is 9.28. The molecule has 1 aliphatic rings. The second-order valence-corrected chi connectivity index (χ2v) is 9.52. The molecule has 1 aromatic rings. The molecule has 0 aliphatic heterocycles. The standard InChI is InChI=1S/C18H19Br2ClO2/c1-17(2)14(10-15(19)20)18(17,16(22)23)11-13-7-5-12(6-8-13)4-3-9-21/h3,5-10,14H,4,11H2,1-2H3,(H,22,23)/b9-3-. The van der Waals surface area contributed by atoms with E-state index in [0.717, 1.165) is 20.9 Å². The first-order valence-corrected chi connectivity index (χ1v) is 9.37. The number of benzene rings is 1. The third-order valence-electron chi connectivity index (χ3n) is 5.00. The molecule has 1 N–H and O–H groups in total. The molecule has 0 spiro atoms. The lowest BCUT2D eigenvalue weighted by atomic mass is 9.88. The number of hydrogen-bond donors (Lipinski definition) is 1. The van der Waals surface area contributed by atoms with Crippen molar-refractivity contribution >= 4 is 49.4 Å². The predicted octanol–water partition coefficient (Wildman–Crippen LogP) is 5.88. The molecule has 0 bridgehead atoms. The van der Waals surface area contributed by atoms with Gasteiger partial charge in [-0.2, -0.15) is 0 Å². The monoisotopic (exact) mass is 460 g/mol. The van der Waals surface area contributed by atoms with Crippen molar-refractivity contribution < 1.29 is 9.90 Å². The molecule has 0 radical (unpaired) electrons. The highest BCUT2D eigenvalue weighted by Gasteiger charge is 2.74. The molecule has 1 aliphatic carbocycles. The van der Waals surface area contributed by atoms with Gasteiger partial charge in [0.2, 0.25) is 0 Å². The Hall–Kier alpha value is -0.580. The average Bonchev–Trinajstić information content (AvgIpc) is 2.94. The van der Waals surface area contributed by atoms with E-state index in [1.807, 2.05) is 50.3 Å². The smallest absolute Gasteiger partial charge is 0.311 e. The normalized spacial score (nSPS) is 25.3. The van der Waals surface area contributed by atoms with Crippen LogP contribution < -0.4 is 0 Å². The third kappa shape index (κ3) is 3.59. The molecular formula is C18H19Br2ClO2. The fraction of sp³-hybridized carbons (Fsp3) is 0.389. The van der Waals surface area contributed by atoms with Gasteiger partial charge in [0.1, 0.15) is 0 Å². The number of carboxylic acids is 1. The lowest BCUT2D eigenvalue weighted by molar-refractivity contribution is -0.145. The highest BCUT2D eigenvalue weighted by Crippen LogP contribution is 2.71. The number of halogens is 3. The molecule has 0 heterocycles. The van der Waals surface area contributed by atoms with E-state index in [1.54, 1.807) is 0 Å². The largest absolute Gasteiger partial charge is 0.481 e. The SMILES string of the molecule is CC1(C)C(C=C(Br)Br)C1(Cc1ccc(C/C=C\Cl)cc1)C(=O)O. The number of hydrogen-bond acceptors (Lipinski definition) is 1. The summed E-state index contributed by atoms with van der Waals surface area (Å²) < 4.78 is 0.800. The zero-order valence-electron chi connectivity index (χ0n) is 13.0. The Morgan fingerprint density at radius 2 is 1.83 bits per heavy atom. The first-order valence-electron chi connectivity index (χ1n) is 7.35. The maximum Gasteiger partial charge on any atom is 0.311 e. The molecule has 23 heavy (non-hydrogen) atoms. The number of allylic oxidation sites excluding steroid dienone is 2. The van der Waals surface area contributed by atoms with Crippen LogP contribution in [0.3, 0.4) is 0 Å². The third-order valence-corrected chi connectivity index (χ3v) is 5.70. The lowest BCUT2D eigenvalue weighted by Gasteiger charge is -2.16. The molecule has 0 aromatic heterocycles. The summed E-state index contributed by atoms with van der Waals surface area (Å²) >= 11 is 12.3. The minimum Gasteiger partial charge on any atom is -0.481 e. The summed E-state index contributed by atoms with van der Waals surface area (Å²) in [6.45, 7) is 4.04. The van der Waals surface area contributed by atoms with Crippen molar-refractivity contribution in [3.63, 3.8) is 0 Å². The van der Waals surface area contributed by atoms with Crippen molar-refractivity contribution in [1.82, 2.24) is 0 Å². The second-order valence-electron chi connectivity index (χ2n) is 6.49. The second kappa shape index (κ2) is 7.12. The van der Waals surface area contributed by atoms with E-state index in [9.17, 15) is 9.90 Å². The van der Waals surface area contributed by atoms with E-state index in [1.165, 1.54) is 5.54 Å². The predicted molar refractivity (Wildman–Crippen MR) is 102 cm³/mol. The molecule has 124 valence electrons. The molecular weight excluding hydrogens is 443 g/mol. The van der Waals surface area contributed by atoms with Crippen molar-refractivity contribution in [2.75, 3.05) is 0 Å². The minimum atomic E-state index is -0.767. The van der Waals surface area contributed by atoms with Crippen molar-refractivity contribution in [2.24, 2.45) is 16.7 Å². The maximum absolute atomic E-state index is 12.0. The molecule has 0 amide bonds. The van der Waals surface area contributed by atoms with Gasteiger partial charge in [0.05, 0.1) is 8.81 Å². The van der Waals surface area contributed by atoms with Gasteiger partial charge in [-0.15, -0.1) is 0 Å². The molecule has 2 rings (SSSR count). The summed E-state index contributed by atoms with van der Waals surface area (Å²) in [5.74, 6) is -0.751. The number of carbonyl (C=O) groups is 1. The van der Waals surface area contributed by atoms with E-state index in [4.69, 9.17) is 11.6 Å². The summed E-state index contributed by atoms with van der Waals surface area (Å²) in [4.78, 5) is 12.0. The zero-order valence-corrected chi connectivity index (χ0v) is 17.0. The summed E-state index contributed by atoms with van der Waals surface area (Å²) in [6, 6.07) is 8.09. The first kappa shape index (κ1) is 18.8.